The maximum absolute atomic E-state index is 12.5. The van der Waals surface area contributed by atoms with E-state index in [0.29, 0.717) is 13.1 Å². The van der Waals surface area contributed by atoms with Gasteiger partial charge in [-0.3, -0.25) is 20.2 Å². The molecule has 2 amide bonds. The van der Waals surface area contributed by atoms with E-state index in [4.69, 9.17) is 4.74 Å². The smallest absolute Gasteiger partial charge is 0.409 e. The molecule has 1 aliphatic rings. The Bertz CT molecular complexity index is 862. The van der Waals surface area contributed by atoms with Gasteiger partial charge in [0, 0.05) is 26.2 Å². The SMILES string of the molecule is CN1CCN(C(=O)Oc2ccccc2C(=O)Nc2ncc([N+](=O)[O-])s2)CC1. The minimum absolute atomic E-state index is 0.0897. The number of rotatable bonds is 4. The molecule has 1 N–H and O–H groups in total. The number of carbonyl (C=O) groups is 2. The second-order valence-electron chi connectivity index (χ2n) is 5.87. The van der Waals surface area contributed by atoms with Gasteiger partial charge in [0.15, 0.2) is 5.13 Å². The molecular formula is C16H17N5O5S. The van der Waals surface area contributed by atoms with Gasteiger partial charge >= 0.3 is 11.1 Å². The minimum atomic E-state index is -0.584. The number of hydrogen-bond donors (Lipinski definition) is 1. The summed E-state index contributed by atoms with van der Waals surface area (Å²) in [5.41, 5.74) is 0.137. The Morgan fingerprint density at radius 1 is 1.26 bits per heavy atom. The number of likely N-dealkylation sites (N-methyl/N-ethyl adjacent to an activating group) is 1. The van der Waals surface area contributed by atoms with Crippen LogP contribution in [0.1, 0.15) is 10.4 Å². The molecule has 1 aliphatic heterocycles. The number of nitro groups is 1. The average Bonchev–Trinajstić information content (AvgIpc) is 3.11. The molecule has 0 bridgehead atoms. The maximum atomic E-state index is 12.5. The number of nitrogens with zero attached hydrogens (tertiary/aromatic N) is 4. The van der Waals surface area contributed by atoms with Crippen molar-refractivity contribution in [2.24, 2.45) is 0 Å². The van der Waals surface area contributed by atoms with Gasteiger partial charge in [-0.2, -0.15) is 0 Å². The Hall–Kier alpha value is -3.05. The van der Waals surface area contributed by atoms with E-state index in [-0.39, 0.29) is 21.4 Å². The van der Waals surface area contributed by atoms with Crippen molar-refractivity contribution in [3.63, 3.8) is 0 Å². The summed E-state index contributed by atoms with van der Waals surface area (Å²) in [4.78, 5) is 42.5. The largest absolute Gasteiger partial charge is 0.415 e. The van der Waals surface area contributed by atoms with Crippen LogP contribution in [0.3, 0.4) is 0 Å². The van der Waals surface area contributed by atoms with Gasteiger partial charge in [-0.25, -0.2) is 9.78 Å². The van der Waals surface area contributed by atoms with E-state index in [9.17, 15) is 19.7 Å². The number of hydrogen-bond acceptors (Lipinski definition) is 8. The van der Waals surface area contributed by atoms with Gasteiger partial charge in [0.1, 0.15) is 11.9 Å². The van der Waals surface area contributed by atoms with Gasteiger partial charge in [-0.1, -0.05) is 12.1 Å². The van der Waals surface area contributed by atoms with Crippen LogP contribution in [0.5, 0.6) is 5.75 Å². The third kappa shape index (κ3) is 4.57. The fourth-order valence-corrected chi connectivity index (χ4v) is 3.09. The number of anilines is 1. The van der Waals surface area contributed by atoms with Crippen molar-refractivity contribution >= 4 is 33.5 Å². The molecule has 2 aromatic rings. The predicted molar refractivity (Wildman–Crippen MR) is 98.3 cm³/mol. The molecule has 0 unspecified atom stereocenters. The Morgan fingerprint density at radius 3 is 2.63 bits per heavy atom. The van der Waals surface area contributed by atoms with Crippen LogP contribution in [0.15, 0.2) is 30.5 Å². The second kappa shape index (κ2) is 8.10. The van der Waals surface area contributed by atoms with Crippen LogP contribution in [0, 0.1) is 10.1 Å². The van der Waals surface area contributed by atoms with Crippen molar-refractivity contribution in [1.82, 2.24) is 14.8 Å². The first-order chi connectivity index (χ1) is 12.9. The lowest BCUT2D eigenvalue weighted by Gasteiger charge is -2.31. The third-order valence-corrected chi connectivity index (χ3v) is 4.85. The zero-order valence-corrected chi connectivity index (χ0v) is 15.3. The third-order valence-electron chi connectivity index (χ3n) is 3.98. The van der Waals surface area contributed by atoms with Gasteiger partial charge in [0.2, 0.25) is 0 Å². The standard InChI is InChI=1S/C16H17N5O5S/c1-19-6-8-20(9-7-19)16(23)26-12-5-3-2-4-11(12)14(22)18-15-17-10-13(27-15)21(24)25/h2-5,10H,6-9H2,1H3,(H,17,18,22). The lowest BCUT2D eigenvalue weighted by atomic mass is 10.2. The molecule has 1 aromatic carbocycles. The molecule has 142 valence electrons. The number of carbonyl (C=O) groups excluding carboxylic acids is 2. The molecule has 0 aliphatic carbocycles. The van der Waals surface area contributed by atoms with E-state index >= 15 is 0 Å². The first kappa shape index (κ1) is 18.7. The molecule has 0 saturated carbocycles. The highest BCUT2D eigenvalue weighted by atomic mass is 32.1. The molecule has 1 aromatic heterocycles. The first-order valence-electron chi connectivity index (χ1n) is 8.10. The zero-order valence-electron chi connectivity index (χ0n) is 14.5. The van der Waals surface area contributed by atoms with Gasteiger partial charge in [-0.05, 0) is 30.5 Å². The molecule has 11 heteroatoms. The fraction of sp³-hybridized carbons (Fsp3) is 0.312. The molecule has 0 atom stereocenters. The fourth-order valence-electron chi connectivity index (χ4n) is 2.46. The molecule has 1 fully saturated rings. The van der Waals surface area contributed by atoms with Crippen LogP contribution < -0.4 is 10.1 Å². The van der Waals surface area contributed by atoms with Crippen molar-refractivity contribution in [2.75, 3.05) is 38.5 Å². The van der Waals surface area contributed by atoms with Crippen LogP contribution in [0.25, 0.3) is 0 Å². The number of para-hydroxylation sites is 1. The van der Waals surface area contributed by atoms with Crippen LogP contribution in [-0.4, -0.2) is 64.9 Å². The molecule has 1 saturated heterocycles. The first-order valence-corrected chi connectivity index (χ1v) is 8.91. The summed E-state index contributed by atoms with van der Waals surface area (Å²) >= 11 is 0.744. The number of thiazole rings is 1. The summed E-state index contributed by atoms with van der Waals surface area (Å²) in [7, 11) is 1.98. The predicted octanol–water partition coefficient (Wildman–Crippen LogP) is 2.05. The summed E-state index contributed by atoms with van der Waals surface area (Å²) < 4.78 is 5.40. The normalized spacial score (nSPS) is 14.6. The zero-order chi connectivity index (χ0) is 19.4. The Morgan fingerprint density at radius 2 is 1.96 bits per heavy atom. The summed E-state index contributed by atoms with van der Waals surface area (Å²) in [5, 5.41) is 13.1. The van der Waals surface area contributed by atoms with E-state index in [1.807, 2.05) is 7.05 Å². The molecule has 2 heterocycles. The molecule has 0 radical (unpaired) electrons. The second-order valence-corrected chi connectivity index (χ2v) is 6.88. The van der Waals surface area contributed by atoms with Gasteiger partial charge in [-0.15, -0.1) is 0 Å². The monoisotopic (exact) mass is 391 g/mol. The molecule has 3 rings (SSSR count). The molecular weight excluding hydrogens is 374 g/mol. The van der Waals surface area contributed by atoms with E-state index in [1.54, 1.807) is 17.0 Å². The summed E-state index contributed by atoms with van der Waals surface area (Å²) in [6, 6.07) is 6.31. The molecule has 0 spiro atoms. The van der Waals surface area contributed by atoms with Crippen molar-refractivity contribution in [2.45, 2.75) is 0 Å². The number of amides is 2. The van der Waals surface area contributed by atoms with Crippen molar-refractivity contribution in [1.29, 1.82) is 0 Å². The summed E-state index contributed by atoms with van der Waals surface area (Å²) in [5.74, 6) is -0.453. The highest BCUT2D eigenvalue weighted by Crippen LogP contribution is 2.27. The number of ether oxygens (including phenoxy) is 1. The van der Waals surface area contributed by atoms with E-state index < -0.39 is 16.9 Å². The Labute approximate surface area is 158 Å². The summed E-state index contributed by atoms with van der Waals surface area (Å²) in [6.07, 6.45) is 0.549. The molecule has 27 heavy (non-hydrogen) atoms. The van der Waals surface area contributed by atoms with Gasteiger partial charge in [0.05, 0.1) is 10.5 Å². The van der Waals surface area contributed by atoms with E-state index in [2.05, 4.69) is 15.2 Å². The highest BCUT2D eigenvalue weighted by molar-refractivity contribution is 7.18. The van der Waals surface area contributed by atoms with Crippen LogP contribution >= 0.6 is 11.3 Å². The lowest BCUT2D eigenvalue weighted by Crippen LogP contribution is -2.48. The topological polar surface area (TPSA) is 118 Å². The number of aromatic nitrogens is 1. The van der Waals surface area contributed by atoms with Crippen LogP contribution in [0.4, 0.5) is 14.9 Å². The molecule has 10 nitrogen and oxygen atoms in total. The average molecular weight is 391 g/mol. The van der Waals surface area contributed by atoms with Crippen molar-refractivity contribution < 1.29 is 19.2 Å². The lowest BCUT2D eigenvalue weighted by molar-refractivity contribution is -0.380. The van der Waals surface area contributed by atoms with Gasteiger partial charge in [0.25, 0.3) is 5.91 Å². The number of benzene rings is 1. The van der Waals surface area contributed by atoms with Crippen LogP contribution in [0.2, 0.25) is 0 Å². The Kier molecular flexibility index (Phi) is 5.62. The highest BCUT2D eigenvalue weighted by Gasteiger charge is 2.23. The van der Waals surface area contributed by atoms with Gasteiger partial charge < -0.3 is 14.5 Å². The van der Waals surface area contributed by atoms with Crippen molar-refractivity contribution in [3.05, 3.63) is 46.1 Å². The van der Waals surface area contributed by atoms with Crippen molar-refractivity contribution in [3.8, 4) is 5.75 Å². The minimum Gasteiger partial charge on any atom is -0.409 e. The number of piperazine rings is 1. The number of nitrogens with one attached hydrogen (secondary N) is 1. The van der Waals surface area contributed by atoms with E-state index in [1.165, 1.54) is 12.1 Å². The summed E-state index contributed by atoms with van der Waals surface area (Å²) in [6.45, 7) is 2.60. The Balaban J connectivity index is 1.70. The van der Waals surface area contributed by atoms with E-state index in [0.717, 1.165) is 30.6 Å². The van der Waals surface area contributed by atoms with Crippen LogP contribution in [-0.2, 0) is 0 Å². The maximum Gasteiger partial charge on any atom is 0.415 e. The quantitative estimate of drug-likeness (QED) is 0.626.